The van der Waals surface area contributed by atoms with Crippen molar-refractivity contribution < 1.29 is 0 Å². The molecule has 2 aliphatic heterocycles. The van der Waals surface area contributed by atoms with Gasteiger partial charge in [0.1, 0.15) is 0 Å². The highest BCUT2D eigenvalue weighted by Gasteiger charge is 2.31. The highest BCUT2D eigenvalue weighted by atomic mass is 15.2. The third-order valence-corrected chi connectivity index (χ3v) is 4.49. The minimum atomic E-state index is 0.675. The molecule has 1 N–H and O–H groups in total. The molecule has 0 spiro atoms. The van der Waals surface area contributed by atoms with Crippen molar-refractivity contribution in [2.24, 2.45) is 0 Å². The van der Waals surface area contributed by atoms with Gasteiger partial charge in [-0.2, -0.15) is 0 Å². The van der Waals surface area contributed by atoms with Gasteiger partial charge in [-0.25, -0.2) is 0 Å². The van der Waals surface area contributed by atoms with E-state index in [2.05, 4.69) is 40.5 Å². The maximum Gasteiger partial charge on any atom is 0.0351 e. The number of benzene rings is 1. The first-order valence-electron chi connectivity index (χ1n) is 7.46. The van der Waals surface area contributed by atoms with Gasteiger partial charge in [0.05, 0.1) is 0 Å². The first-order chi connectivity index (χ1) is 8.95. The maximum absolute atomic E-state index is 3.53. The topological polar surface area (TPSA) is 15.3 Å². The number of rotatable bonds is 2. The normalized spacial score (nSPS) is 30.2. The molecule has 2 fully saturated rings. The van der Waals surface area contributed by atoms with E-state index in [1.165, 1.54) is 57.3 Å². The summed E-state index contributed by atoms with van der Waals surface area (Å²) in [6.07, 6.45) is 6.74. The smallest absolute Gasteiger partial charge is 0.0351 e. The molecule has 0 aromatic heterocycles. The Morgan fingerprint density at radius 1 is 0.944 bits per heavy atom. The monoisotopic (exact) mass is 244 g/mol. The van der Waals surface area contributed by atoms with Crippen LogP contribution in [0.15, 0.2) is 30.3 Å². The average molecular weight is 244 g/mol. The van der Waals surface area contributed by atoms with Crippen LogP contribution in [0, 0.1) is 0 Å². The zero-order valence-electron chi connectivity index (χ0n) is 11.1. The van der Waals surface area contributed by atoms with E-state index in [0.717, 1.165) is 6.04 Å². The zero-order valence-corrected chi connectivity index (χ0v) is 11.1. The van der Waals surface area contributed by atoms with Crippen LogP contribution in [-0.4, -0.2) is 30.6 Å². The molecule has 2 atom stereocenters. The third-order valence-electron chi connectivity index (χ3n) is 4.49. The fourth-order valence-electron chi connectivity index (χ4n) is 3.59. The second-order valence-electron chi connectivity index (χ2n) is 5.64. The Labute approximate surface area is 110 Å². The van der Waals surface area contributed by atoms with Gasteiger partial charge in [-0.15, -0.1) is 0 Å². The van der Waals surface area contributed by atoms with Crippen LogP contribution in [-0.2, 0) is 0 Å². The lowest BCUT2D eigenvalue weighted by atomic mass is 10.0. The van der Waals surface area contributed by atoms with Crippen molar-refractivity contribution in [3.8, 4) is 0 Å². The Bertz CT molecular complexity index is 355. The molecular weight excluding hydrogens is 220 g/mol. The van der Waals surface area contributed by atoms with Crippen LogP contribution in [0.2, 0.25) is 0 Å². The Morgan fingerprint density at radius 2 is 1.83 bits per heavy atom. The molecule has 1 aromatic rings. The van der Waals surface area contributed by atoms with Gasteiger partial charge >= 0.3 is 0 Å². The van der Waals surface area contributed by atoms with E-state index in [1.54, 1.807) is 0 Å². The van der Waals surface area contributed by atoms with E-state index in [4.69, 9.17) is 0 Å². The summed E-state index contributed by atoms with van der Waals surface area (Å²) >= 11 is 0. The molecule has 98 valence electrons. The SMILES string of the molecule is c1ccc(C2CCCN2C2CCCNCC2)cc1. The maximum atomic E-state index is 3.53. The molecule has 2 nitrogen and oxygen atoms in total. The van der Waals surface area contributed by atoms with Gasteiger partial charge in [-0.3, -0.25) is 4.90 Å². The summed E-state index contributed by atoms with van der Waals surface area (Å²) in [5.41, 5.74) is 1.52. The lowest BCUT2D eigenvalue weighted by molar-refractivity contribution is 0.166. The van der Waals surface area contributed by atoms with Gasteiger partial charge < -0.3 is 5.32 Å². The van der Waals surface area contributed by atoms with Gasteiger partial charge in [0, 0.05) is 12.1 Å². The van der Waals surface area contributed by atoms with E-state index < -0.39 is 0 Å². The van der Waals surface area contributed by atoms with Crippen molar-refractivity contribution in [1.29, 1.82) is 0 Å². The molecule has 0 saturated carbocycles. The standard InChI is InChI=1S/C16H24N2/c1-2-6-14(7-3-1)16-9-5-13-18(16)15-8-4-11-17-12-10-15/h1-3,6-7,15-17H,4-5,8-13H2. The van der Waals surface area contributed by atoms with Crippen molar-refractivity contribution in [1.82, 2.24) is 10.2 Å². The molecular formula is C16H24N2. The van der Waals surface area contributed by atoms with E-state index in [0.29, 0.717) is 6.04 Å². The van der Waals surface area contributed by atoms with E-state index >= 15 is 0 Å². The summed E-state index contributed by atoms with van der Waals surface area (Å²) in [4.78, 5) is 2.78. The summed E-state index contributed by atoms with van der Waals surface area (Å²) in [6.45, 7) is 3.70. The van der Waals surface area contributed by atoms with Crippen molar-refractivity contribution >= 4 is 0 Å². The van der Waals surface area contributed by atoms with Crippen molar-refractivity contribution in [3.63, 3.8) is 0 Å². The Morgan fingerprint density at radius 3 is 2.72 bits per heavy atom. The van der Waals surface area contributed by atoms with Crippen molar-refractivity contribution in [3.05, 3.63) is 35.9 Å². The molecule has 2 unspecified atom stereocenters. The summed E-state index contributed by atoms with van der Waals surface area (Å²) in [5.74, 6) is 0. The van der Waals surface area contributed by atoms with Gasteiger partial charge in [0.15, 0.2) is 0 Å². The molecule has 18 heavy (non-hydrogen) atoms. The van der Waals surface area contributed by atoms with Crippen LogP contribution >= 0.6 is 0 Å². The molecule has 2 saturated heterocycles. The van der Waals surface area contributed by atoms with Gasteiger partial charge in [0.2, 0.25) is 0 Å². The predicted molar refractivity (Wildman–Crippen MR) is 75.6 cm³/mol. The number of nitrogens with zero attached hydrogens (tertiary/aromatic N) is 1. The van der Waals surface area contributed by atoms with Gasteiger partial charge in [-0.1, -0.05) is 30.3 Å². The Kier molecular flexibility index (Phi) is 3.96. The van der Waals surface area contributed by atoms with Crippen LogP contribution in [0.5, 0.6) is 0 Å². The Hall–Kier alpha value is -0.860. The molecule has 0 aliphatic carbocycles. The largest absolute Gasteiger partial charge is 0.317 e. The van der Waals surface area contributed by atoms with Crippen molar-refractivity contribution in [2.75, 3.05) is 19.6 Å². The fraction of sp³-hybridized carbons (Fsp3) is 0.625. The first kappa shape index (κ1) is 12.2. The van der Waals surface area contributed by atoms with Crippen LogP contribution in [0.3, 0.4) is 0 Å². The summed E-state index contributed by atoms with van der Waals surface area (Å²) in [7, 11) is 0. The van der Waals surface area contributed by atoms with E-state index in [-0.39, 0.29) is 0 Å². The number of hydrogen-bond acceptors (Lipinski definition) is 2. The van der Waals surface area contributed by atoms with Crippen molar-refractivity contribution in [2.45, 2.75) is 44.2 Å². The van der Waals surface area contributed by atoms with Crippen LogP contribution in [0.4, 0.5) is 0 Å². The molecule has 2 heterocycles. The lowest BCUT2D eigenvalue weighted by Gasteiger charge is -2.32. The highest BCUT2D eigenvalue weighted by Crippen LogP contribution is 2.35. The average Bonchev–Trinajstić information content (AvgIpc) is 2.75. The quantitative estimate of drug-likeness (QED) is 0.860. The number of likely N-dealkylation sites (tertiary alicyclic amines) is 1. The second kappa shape index (κ2) is 5.85. The molecule has 1 aromatic carbocycles. The second-order valence-corrected chi connectivity index (χ2v) is 5.64. The molecule has 2 aliphatic rings. The van der Waals surface area contributed by atoms with Crippen LogP contribution in [0.25, 0.3) is 0 Å². The lowest BCUT2D eigenvalue weighted by Crippen LogP contribution is -2.35. The molecule has 0 radical (unpaired) electrons. The third kappa shape index (κ3) is 2.60. The summed E-state index contributed by atoms with van der Waals surface area (Å²) in [6, 6.07) is 12.6. The number of nitrogens with one attached hydrogen (secondary N) is 1. The fourth-order valence-corrected chi connectivity index (χ4v) is 3.59. The molecule has 3 rings (SSSR count). The zero-order chi connectivity index (χ0) is 12.2. The summed E-state index contributed by atoms with van der Waals surface area (Å²) < 4.78 is 0. The van der Waals surface area contributed by atoms with Gasteiger partial charge in [-0.05, 0) is 57.3 Å². The molecule has 0 amide bonds. The summed E-state index contributed by atoms with van der Waals surface area (Å²) in [5, 5.41) is 3.53. The number of hydrogen-bond donors (Lipinski definition) is 1. The minimum absolute atomic E-state index is 0.675. The Balaban J connectivity index is 1.74. The van der Waals surface area contributed by atoms with E-state index in [1.807, 2.05) is 0 Å². The van der Waals surface area contributed by atoms with E-state index in [9.17, 15) is 0 Å². The molecule has 2 heteroatoms. The van der Waals surface area contributed by atoms with Gasteiger partial charge in [0.25, 0.3) is 0 Å². The minimum Gasteiger partial charge on any atom is -0.317 e. The highest BCUT2D eigenvalue weighted by molar-refractivity contribution is 5.20. The molecule has 0 bridgehead atoms. The van der Waals surface area contributed by atoms with Crippen LogP contribution in [0.1, 0.15) is 43.7 Å². The van der Waals surface area contributed by atoms with Crippen LogP contribution < -0.4 is 5.32 Å². The predicted octanol–water partition coefficient (Wildman–Crippen LogP) is 2.97. The first-order valence-corrected chi connectivity index (χ1v) is 7.46.